The summed E-state index contributed by atoms with van der Waals surface area (Å²) in [4.78, 5) is 14.7. The maximum absolute atomic E-state index is 12.3. The fourth-order valence-corrected chi connectivity index (χ4v) is 3.26. The Morgan fingerprint density at radius 1 is 0.963 bits per heavy atom. The molecule has 0 radical (unpaired) electrons. The number of aromatic nitrogens is 2. The monoisotopic (exact) mass is 362 g/mol. The molecule has 6 heteroatoms. The van der Waals surface area contributed by atoms with E-state index in [0.717, 1.165) is 19.5 Å². The smallest absolute Gasteiger partial charge is 0.313 e. The largest absolute Gasteiger partial charge is 0.417 e. The predicted octanol–water partition coefficient (Wildman–Crippen LogP) is 3.71. The molecule has 0 aliphatic carbocycles. The Bertz CT molecular complexity index is 884. The van der Waals surface area contributed by atoms with Gasteiger partial charge in [0.1, 0.15) is 0 Å². The summed E-state index contributed by atoms with van der Waals surface area (Å²) in [5.41, 5.74) is 3.10. The molecule has 0 bridgehead atoms. The lowest BCUT2D eigenvalue weighted by Gasteiger charge is -2.17. The fraction of sp³-hybridized carbons (Fsp3) is 0.286. The van der Waals surface area contributed by atoms with Crippen molar-refractivity contribution in [2.45, 2.75) is 25.7 Å². The van der Waals surface area contributed by atoms with Gasteiger partial charge in [0, 0.05) is 30.9 Å². The van der Waals surface area contributed by atoms with Crippen LogP contribution in [0.25, 0.3) is 0 Å². The normalized spacial score (nSPS) is 13.7. The van der Waals surface area contributed by atoms with Gasteiger partial charge in [-0.2, -0.15) is 0 Å². The molecule has 1 fully saturated rings. The zero-order chi connectivity index (χ0) is 18.5. The van der Waals surface area contributed by atoms with Crippen molar-refractivity contribution in [2.24, 2.45) is 0 Å². The van der Waals surface area contributed by atoms with Crippen molar-refractivity contribution in [3.05, 3.63) is 71.9 Å². The van der Waals surface area contributed by atoms with Crippen LogP contribution in [0.5, 0.6) is 0 Å². The van der Waals surface area contributed by atoms with Crippen LogP contribution in [0.2, 0.25) is 0 Å². The maximum Gasteiger partial charge on any atom is 0.313 e. The first-order valence-electron chi connectivity index (χ1n) is 9.30. The highest BCUT2D eigenvalue weighted by atomic mass is 16.4. The van der Waals surface area contributed by atoms with Gasteiger partial charge < -0.3 is 14.6 Å². The van der Waals surface area contributed by atoms with Gasteiger partial charge in [0.15, 0.2) is 0 Å². The Balaban J connectivity index is 1.33. The number of hydrogen-bond donors (Lipinski definition) is 1. The molecule has 27 heavy (non-hydrogen) atoms. The number of rotatable bonds is 6. The zero-order valence-electron chi connectivity index (χ0n) is 15.1. The summed E-state index contributed by atoms with van der Waals surface area (Å²) >= 11 is 0. The SMILES string of the molecule is O=C(Nc1ccc(N2CCCC2)cc1)c1nnc(CCc2ccccc2)o1. The first-order valence-corrected chi connectivity index (χ1v) is 9.30. The summed E-state index contributed by atoms with van der Waals surface area (Å²) in [5.74, 6) is 0.0671. The van der Waals surface area contributed by atoms with Gasteiger partial charge in [-0.1, -0.05) is 30.3 Å². The van der Waals surface area contributed by atoms with Crippen molar-refractivity contribution in [1.29, 1.82) is 0 Å². The van der Waals surface area contributed by atoms with Gasteiger partial charge >= 0.3 is 11.8 Å². The van der Waals surface area contributed by atoms with Gasteiger partial charge in [-0.3, -0.25) is 4.79 Å². The van der Waals surface area contributed by atoms with Crippen LogP contribution in [-0.4, -0.2) is 29.2 Å². The molecule has 4 rings (SSSR count). The number of aryl methyl sites for hydroxylation is 2. The van der Waals surface area contributed by atoms with E-state index in [9.17, 15) is 4.79 Å². The number of amides is 1. The summed E-state index contributed by atoms with van der Waals surface area (Å²) in [6.07, 6.45) is 3.88. The lowest BCUT2D eigenvalue weighted by Crippen LogP contribution is -2.17. The molecule has 1 saturated heterocycles. The van der Waals surface area contributed by atoms with E-state index in [1.807, 2.05) is 42.5 Å². The van der Waals surface area contributed by atoms with Gasteiger partial charge in [-0.25, -0.2) is 0 Å². The summed E-state index contributed by atoms with van der Waals surface area (Å²) in [6, 6.07) is 17.9. The average molecular weight is 362 g/mol. The molecular weight excluding hydrogens is 340 g/mol. The van der Waals surface area contributed by atoms with E-state index in [2.05, 4.69) is 32.5 Å². The average Bonchev–Trinajstić information content (AvgIpc) is 3.40. The lowest BCUT2D eigenvalue weighted by atomic mass is 10.1. The van der Waals surface area contributed by atoms with Crippen molar-refractivity contribution in [3.8, 4) is 0 Å². The van der Waals surface area contributed by atoms with E-state index in [4.69, 9.17) is 4.42 Å². The van der Waals surface area contributed by atoms with Gasteiger partial charge in [0.2, 0.25) is 5.89 Å². The van der Waals surface area contributed by atoms with E-state index in [0.29, 0.717) is 18.0 Å². The van der Waals surface area contributed by atoms with E-state index in [-0.39, 0.29) is 11.8 Å². The lowest BCUT2D eigenvalue weighted by molar-refractivity contribution is 0.0988. The van der Waals surface area contributed by atoms with Crippen LogP contribution in [0.4, 0.5) is 11.4 Å². The first kappa shape index (κ1) is 17.3. The standard InChI is InChI=1S/C21H22N4O2/c26-20(22-17-9-11-18(12-10-17)25-14-4-5-15-25)21-24-23-19(27-21)13-8-16-6-2-1-3-7-16/h1-3,6-7,9-12H,4-5,8,13-15H2,(H,22,26). The molecule has 6 nitrogen and oxygen atoms in total. The van der Waals surface area contributed by atoms with Crippen LogP contribution in [0.3, 0.4) is 0 Å². The van der Waals surface area contributed by atoms with Crippen molar-refractivity contribution >= 4 is 17.3 Å². The molecule has 1 aliphatic rings. The molecule has 138 valence electrons. The zero-order valence-corrected chi connectivity index (χ0v) is 15.1. The van der Waals surface area contributed by atoms with Gasteiger partial charge in [0.25, 0.3) is 0 Å². The van der Waals surface area contributed by atoms with Crippen molar-refractivity contribution < 1.29 is 9.21 Å². The minimum absolute atomic E-state index is 0.0123. The summed E-state index contributed by atoms with van der Waals surface area (Å²) in [6.45, 7) is 2.19. The highest BCUT2D eigenvalue weighted by molar-refractivity contribution is 6.00. The van der Waals surface area contributed by atoms with Crippen molar-refractivity contribution in [2.75, 3.05) is 23.3 Å². The molecule has 1 aromatic heterocycles. The van der Waals surface area contributed by atoms with Crippen molar-refractivity contribution in [1.82, 2.24) is 10.2 Å². The van der Waals surface area contributed by atoms with E-state index in [1.54, 1.807) is 0 Å². The number of anilines is 2. The Morgan fingerprint density at radius 2 is 1.70 bits per heavy atom. The molecule has 1 aliphatic heterocycles. The quantitative estimate of drug-likeness (QED) is 0.724. The summed E-state index contributed by atoms with van der Waals surface area (Å²) < 4.78 is 5.50. The van der Waals surface area contributed by atoms with E-state index < -0.39 is 0 Å². The molecule has 1 amide bonds. The summed E-state index contributed by atoms with van der Waals surface area (Å²) in [5, 5.41) is 10.7. The van der Waals surface area contributed by atoms with E-state index >= 15 is 0 Å². The maximum atomic E-state index is 12.3. The van der Waals surface area contributed by atoms with Crippen LogP contribution in [-0.2, 0) is 12.8 Å². The number of hydrogen-bond acceptors (Lipinski definition) is 5. The predicted molar refractivity (Wildman–Crippen MR) is 104 cm³/mol. The van der Waals surface area contributed by atoms with Crippen LogP contribution in [0.1, 0.15) is 35.0 Å². The Labute approximate surface area is 158 Å². The first-order chi connectivity index (χ1) is 13.3. The van der Waals surface area contributed by atoms with Crippen LogP contribution >= 0.6 is 0 Å². The van der Waals surface area contributed by atoms with Gasteiger partial charge in [-0.05, 0) is 49.1 Å². The molecule has 2 aromatic carbocycles. The van der Waals surface area contributed by atoms with Crippen LogP contribution < -0.4 is 10.2 Å². The molecule has 1 N–H and O–H groups in total. The second-order valence-electron chi connectivity index (χ2n) is 6.68. The molecule has 0 saturated carbocycles. The van der Waals surface area contributed by atoms with Crippen LogP contribution in [0.15, 0.2) is 59.0 Å². The Kier molecular flexibility index (Phi) is 5.14. The second-order valence-corrected chi connectivity index (χ2v) is 6.68. The highest BCUT2D eigenvalue weighted by Gasteiger charge is 2.16. The number of carbonyl (C=O) groups excluding carboxylic acids is 1. The third kappa shape index (κ3) is 4.34. The van der Waals surface area contributed by atoms with Gasteiger partial charge in [-0.15, -0.1) is 10.2 Å². The number of carbonyl (C=O) groups is 1. The molecule has 2 heterocycles. The molecule has 0 spiro atoms. The van der Waals surface area contributed by atoms with Crippen LogP contribution in [0, 0.1) is 0 Å². The summed E-state index contributed by atoms with van der Waals surface area (Å²) in [7, 11) is 0. The third-order valence-corrected chi connectivity index (χ3v) is 4.73. The fourth-order valence-electron chi connectivity index (χ4n) is 3.26. The molecule has 0 atom stereocenters. The van der Waals surface area contributed by atoms with Gasteiger partial charge in [0.05, 0.1) is 0 Å². The Hall–Kier alpha value is -3.15. The third-order valence-electron chi connectivity index (χ3n) is 4.73. The molecular formula is C21H22N4O2. The topological polar surface area (TPSA) is 71.3 Å². The van der Waals surface area contributed by atoms with Crippen molar-refractivity contribution in [3.63, 3.8) is 0 Å². The number of nitrogens with one attached hydrogen (secondary N) is 1. The Morgan fingerprint density at radius 3 is 2.44 bits per heavy atom. The second kappa shape index (κ2) is 8.03. The van der Waals surface area contributed by atoms with E-state index in [1.165, 1.54) is 24.1 Å². The molecule has 3 aromatic rings. The number of nitrogens with zero attached hydrogens (tertiary/aromatic N) is 3. The number of benzene rings is 2. The molecule has 0 unspecified atom stereocenters. The highest BCUT2D eigenvalue weighted by Crippen LogP contribution is 2.22. The minimum atomic E-state index is -0.387. The minimum Gasteiger partial charge on any atom is -0.417 e.